The molecule has 3 N–H and O–H groups in total. The number of rotatable bonds is 3. The lowest BCUT2D eigenvalue weighted by Crippen LogP contribution is -2.30. The Morgan fingerprint density at radius 3 is 2.48 bits per heavy atom. The summed E-state index contributed by atoms with van der Waals surface area (Å²) in [6.45, 7) is 0. The number of hydrogen-bond donors (Lipinski definition) is 2. The Hall–Kier alpha value is -0.660. The zero-order chi connectivity index (χ0) is 14.9. The van der Waals surface area contributed by atoms with Gasteiger partial charge in [-0.1, -0.05) is 0 Å². The van der Waals surface area contributed by atoms with Crippen molar-refractivity contribution in [1.82, 2.24) is 4.72 Å². The van der Waals surface area contributed by atoms with Gasteiger partial charge >= 0.3 is 0 Å². The minimum Gasteiger partial charge on any atom is -0.398 e. The molecule has 4 rings (SSSR count). The van der Waals surface area contributed by atoms with E-state index in [4.69, 9.17) is 5.73 Å². The zero-order valence-corrected chi connectivity index (χ0v) is 13.6. The summed E-state index contributed by atoms with van der Waals surface area (Å²) in [6.07, 6.45) is 3.67. The van der Waals surface area contributed by atoms with Crippen LogP contribution < -0.4 is 10.5 Å². The molecule has 3 saturated carbocycles. The van der Waals surface area contributed by atoms with Crippen molar-refractivity contribution in [3.63, 3.8) is 0 Å². The first-order valence-corrected chi connectivity index (χ1v) is 9.43. The number of anilines is 1. The summed E-state index contributed by atoms with van der Waals surface area (Å²) < 4.78 is 41.8. The normalized spacial score (nSPS) is 36.8. The van der Waals surface area contributed by atoms with E-state index >= 15 is 0 Å². The molecule has 114 valence electrons. The van der Waals surface area contributed by atoms with Crippen molar-refractivity contribution < 1.29 is 12.8 Å². The van der Waals surface area contributed by atoms with E-state index in [1.807, 2.05) is 0 Å². The van der Waals surface area contributed by atoms with Crippen LogP contribution in [0.4, 0.5) is 10.1 Å². The molecule has 0 radical (unpaired) electrons. The summed E-state index contributed by atoms with van der Waals surface area (Å²) >= 11 is 3.09. The highest BCUT2D eigenvalue weighted by Gasteiger charge is 2.65. The van der Waals surface area contributed by atoms with E-state index in [1.54, 1.807) is 0 Å². The van der Waals surface area contributed by atoms with E-state index in [2.05, 4.69) is 20.7 Å². The van der Waals surface area contributed by atoms with E-state index in [-0.39, 0.29) is 16.6 Å². The molecule has 4 unspecified atom stereocenters. The summed E-state index contributed by atoms with van der Waals surface area (Å²) in [5, 5.41) is 0. The number of nitrogens with two attached hydrogens (primary N) is 1. The largest absolute Gasteiger partial charge is 0.398 e. The van der Waals surface area contributed by atoms with E-state index in [0.29, 0.717) is 28.1 Å². The van der Waals surface area contributed by atoms with Crippen LogP contribution in [0.25, 0.3) is 0 Å². The van der Waals surface area contributed by atoms with Gasteiger partial charge in [0.05, 0.1) is 0 Å². The second-order valence-electron chi connectivity index (χ2n) is 6.44. The molecule has 4 atom stereocenters. The van der Waals surface area contributed by atoms with Crippen LogP contribution >= 0.6 is 15.9 Å². The monoisotopic (exact) mass is 374 g/mol. The molecular weight excluding hydrogens is 359 g/mol. The fraction of sp³-hybridized carbons (Fsp3) is 0.571. The summed E-state index contributed by atoms with van der Waals surface area (Å²) in [5.74, 6) is 1.47. The Bertz CT molecular complexity index is 708. The van der Waals surface area contributed by atoms with Crippen molar-refractivity contribution in [3.05, 3.63) is 22.4 Å². The van der Waals surface area contributed by atoms with Gasteiger partial charge in [-0.2, -0.15) is 0 Å². The molecule has 0 aromatic heterocycles. The first-order chi connectivity index (χ1) is 9.88. The van der Waals surface area contributed by atoms with Crippen molar-refractivity contribution in [3.8, 4) is 0 Å². The van der Waals surface area contributed by atoms with Gasteiger partial charge in [-0.25, -0.2) is 17.5 Å². The van der Waals surface area contributed by atoms with Crippen LogP contribution in [0, 0.1) is 29.5 Å². The van der Waals surface area contributed by atoms with E-state index < -0.39 is 15.8 Å². The van der Waals surface area contributed by atoms with Gasteiger partial charge in [-0.05, 0) is 71.0 Å². The van der Waals surface area contributed by atoms with Crippen LogP contribution in [0.5, 0.6) is 0 Å². The Morgan fingerprint density at radius 2 is 1.86 bits per heavy atom. The predicted molar refractivity (Wildman–Crippen MR) is 80.4 cm³/mol. The average molecular weight is 375 g/mol. The smallest absolute Gasteiger partial charge is 0.243 e. The average Bonchev–Trinajstić information content (AvgIpc) is 2.82. The van der Waals surface area contributed by atoms with Gasteiger partial charge in [0.25, 0.3) is 0 Å². The fourth-order valence-corrected chi connectivity index (χ4v) is 6.19. The van der Waals surface area contributed by atoms with Crippen molar-refractivity contribution >= 4 is 31.6 Å². The molecule has 7 heteroatoms. The lowest BCUT2D eigenvalue weighted by molar-refractivity contribution is 0.456. The number of hydrogen-bond acceptors (Lipinski definition) is 3. The Kier molecular flexibility index (Phi) is 2.94. The van der Waals surface area contributed by atoms with Crippen LogP contribution in [0.3, 0.4) is 0 Å². The third kappa shape index (κ3) is 2.04. The number of fused-ring (bicyclic) bond motifs is 5. The van der Waals surface area contributed by atoms with Gasteiger partial charge in [-0.15, -0.1) is 0 Å². The van der Waals surface area contributed by atoms with Gasteiger partial charge in [0.2, 0.25) is 10.0 Å². The lowest BCUT2D eigenvalue weighted by atomic mass is 10.0. The van der Waals surface area contributed by atoms with Crippen molar-refractivity contribution in [1.29, 1.82) is 0 Å². The number of nitrogen functional groups attached to an aromatic ring is 1. The maximum atomic E-state index is 13.9. The molecule has 0 amide bonds. The highest BCUT2D eigenvalue weighted by molar-refractivity contribution is 9.10. The summed E-state index contributed by atoms with van der Waals surface area (Å²) in [6, 6.07) is 2.26. The first-order valence-electron chi connectivity index (χ1n) is 7.15. The van der Waals surface area contributed by atoms with Crippen LogP contribution in [0.2, 0.25) is 0 Å². The number of benzene rings is 1. The van der Waals surface area contributed by atoms with E-state index in [0.717, 1.165) is 6.07 Å². The second kappa shape index (κ2) is 4.43. The second-order valence-corrected chi connectivity index (χ2v) is 8.98. The summed E-state index contributed by atoms with van der Waals surface area (Å²) in [7, 11) is -3.85. The summed E-state index contributed by atoms with van der Waals surface area (Å²) in [4.78, 5) is -0.361. The maximum Gasteiger partial charge on any atom is 0.243 e. The third-order valence-electron chi connectivity index (χ3n) is 5.37. The van der Waals surface area contributed by atoms with Crippen molar-refractivity contribution in [2.75, 3.05) is 5.73 Å². The van der Waals surface area contributed by atoms with E-state index in [9.17, 15) is 12.8 Å². The quantitative estimate of drug-likeness (QED) is 0.798. The highest BCUT2D eigenvalue weighted by Crippen LogP contribution is 2.65. The number of nitrogens with one attached hydrogen (secondary N) is 1. The molecule has 4 nitrogen and oxygen atoms in total. The molecular formula is C14H16BrFN2O2S. The van der Waals surface area contributed by atoms with Crippen molar-refractivity contribution in [2.24, 2.45) is 23.7 Å². The summed E-state index contributed by atoms with van der Waals surface area (Å²) in [5.41, 5.74) is 5.89. The van der Waals surface area contributed by atoms with Crippen LogP contribution in [0.1, 0.15) is 19.3 Å². The minimum atomic E-state index is -3.85. The maximum absolute atomic E-state index is 13.9. The third-order valence-corrected chi connectivity index (χ3v) is 7.53. The molecule has 21 heavy (non-hydrogen) atoms. The lowest BCUT2D eigenvalue weighted by Gasteiger charge is -2.12. The fourth-order valence-electron chi connectivity index (χ4n) is 4.48. The van der Waals surface area contributed by atoms with Gasteiger partial charge in [0.1, 0.15) is 10.7 Å². The zero-order valence-electron chi connectivity index (χ0n) is 11.2. The Balaban J connectivity index is 1.59. The standard InChI is InChI=1S/C14H16BrFN2O2S/c15-8-4-9(16)11(5-10(8)17)21(19,20)18-14-12-6-1-2-7(3-6)13(12)14/h4-7,12-14,18H,1-3,17H2. The predicted octanol–water partition coefficient (Wildman–Crippen LogP) is 2.49. The highest BCUT2D eigenvalue weighted by atomic mass is 79.9. The minimum absolute atomic E-state index is 0.00878. The first kappa shape index (κ1) is 14.0. The molecule has 3 aliphatic carbocycles. The van der Waals surface area contributed by atoms with Crippen LogP contribution in [0.15, 0.2) is 21.5 Å². The van der Waals surface area contributed by atoms with Crippen molar-refractivity contribution in [2.45, 2.75) is 30.2 Å². The topological polar surface area (TPSA) is 72.2 Å². The van der Waals surface area contributed by atoms with Gasteiger partial charge in [-0.3, -0.25) is 0 Å². The Morgan fingerprint density at radius 1 is 1.24 bits per heavy atom. The van der Waals surface area contributed by atoms with Gasteiger partial charge < -0.3 is 5.73 Å². The number of sulfonamides is 1. The van der Waals surface area contributed by atoms with Crippen LogP contribution in [-0.2, 0) is 10.0 Å². The Labute approximate surface area is 131 Å². The molecule has 0 spiro atoms. The molecule has 2 bridgehead atoms. The molecule has 0 saturated heterocycles. The molecule has 1 aromatic rings. The number of halogens is 2. The molecule has 3 fully saturated rings. The van der Waals surface area contributed by atoms with Gasteiger partial charge in [0, 0.05) is 16.2 Å². The molecule has 1 aromatic carbocycles. The van der Waals surface area contributed by atoms with Gasteiger partial charge in [0.15, 0.2) is 0 Å². The molecule has 0 aliphatic heterocycles. The molecule has 0 heterocycles. The van der Waals surface area contributed by atoms with Crippen LogP contribution in [-0.4, -0.2) is 14.5 Å². The SMILES string of the molecule is Nc1cc(S(=O)(=O)NC2C3C4CCC(C4)C23)c(F)cc1Br. The van der Waals surface area contributed by atoms with E-state index in [1.165, 1.54) is 25.3 Å². The molecule has 3 aliphatic rings.